The molecule has 5 heteroatoms. The largest absolute Gasteiger partial charge is 0.480 e. The molecule has 1 aliphatic rings. The summed E-state index contributed by atoms with van der Waals surface area (Å²) in [5, 5.41) is 11.9. The highest BCUT2D eigenvalue weighted by molar-refractivity contribution is 5.92. The number of carboxylic acids is 1. The van der Waals surface area contributed by atoms with Gasteiger partial charge in [0, 0.05) is 7.11 Å². The van der Waals surface area contributed by atoms with Crippen molar-refractivity contribution in [2.45, 2.75) is 44.1 Å². The summed E-state index contributed by atoms with van der Waals surface area (Å²) in [4.78, 5) is 24.1. The fraction of sp³-hybridized carbons (Fsp3) is 0.529. The van der Waals surface area contributed by atoms with Gasteiger partial charge in [-0.2, -0.15) is 0 Å². The molecule has 0 spiro atoms. The molecular formula is C17H23NO4. The Bertz CT molecular complexity index is 549. The van der Waals surface area contributed by atoms with Gasteiger partial charge in [-0.25, -0.2) is 4.79 Å². The minimum Gasteiger partial charge on any atom is -0.480 e. The van der Waals surface area contributed by atoms with Crippen molar-refractivity contribution in [2.75, 3.05) is 13.7 Å². The predicted molar refractivity (Wildman–Crippen MR) is 82.8 cm³/mol. The van der Waals surface area contributed by atoms with Crippen LogP contribution in [-0.4, -0.2) is 36.7 Å². The van der Waals surface area contributed by atoms with E-state index in [0.29, 0.717) is 0 Å². The van der Waals surface area contributed by atoms with Crippen LogP contribution in [0, 0.1) is 6.92 Å². The molecule has 1 fully saturated rings. The minimum atomic E-state index is -1.08. The molecule has 120 valence electrons. The van der Waals surface area contributed by atoms with Gasteiger partial charge in [-0.3, -0.25) is 4.79 Å². The van der Waals surface area contributed by atoms with Crippen LogP contribution in [0.1, 0.15) is 36.8 Å². The highest BCUT2D eigenvalue weighted by Crippen LogP contribution is 2.41. The molecule has 1 unspecified atom stereocenters. The van der Waals surface area contributed by atoms with Gasteiger partial charge in [-0.15, -0.1) is 0 Å². The molecule has 1 aromatic rings. The van der Waals surface area contributed by atoms with Gasteiger partial charge in [0.25, 0.3) is 0 Å². The lowest BCUT2D eigenvalue weighted by molar-refractivity contribution is -0.144. The summed E-state index contributed by atoms with van der Waals surface area (Å²) >= 11 is 0. The topological polar surface area (TPSA) is 75.6 Å². The summed E-state index contributed by atoms with van der Waals surface area (Å²) in [6.45, 7) is 1.96. The Balaban J connectivity index is 2.27. The molecular weight excluding hydrogens is 282 g/mol. The van der Waals surface area contributed by atoms with Gasteiger partial charge in [-0.05, 0) is 25.3 Å². The number of aliphatic carboxylic acids is 1. The van der Waals surface area contributed by atoms with E-state index in [1.165, 1.54) is 7.11 Å². The summed E-state index contributed by atoms with van der Waals surface area (Å²) in [6.07, 6.45) is 3.45. The van der Waals surface area contributed by atoms with E-state index in [2.05, 4.69) is 5.32 Å². The van der Waals surface area contributed by atoms with Gasteiger partial charge in [-0.1, -0.05) is 42.7 Å². The Labute approximate surface area is 130 Å². The Morgan fingerprint density at radius 3 is 2.59 bits per heavy atom. The lowest BCUT2D eigenvalue weighted by Crippen LogP contribution is -2.51. The molecule has 22 heavy (non-hydrogen) atoms. The van der Waals surface area contributed by atoms with Gasteiger partial charge in [0.2, 0.25) is 5.91 Å². The van der Waals surface area contributed by atoms with Gasteiger partial charge in [0.15, 0.2) is 6.04 Å². The van der Waals surface area contributed by atoms with E-state index in [4.69, 9.17) is 4.74 Å². The van der Waals surface area contributed by atoms with Crippen molar-refractivity contribution in [3.05, 3.63) is 35.4 Å². The summed E-state index contributed by atoms with van der Waals surface area (Å²) in [7, 11) is 1.42. The minimum absolute atomic E-state index is 0.0367. The molecule has 0 aromatic heterocycles. The van der Waals surface area contributed by atoms with Crippen molar-refractivity contribution in [1.29, 1.82) is 0 Å². The number of amides is 1. The van der Waals surface area contributed by atoms with Crippen LogP contribution in [0.4, 0.5) is 0 Å². The van der Waals surface area contributed by atoms with Crippen LogP contribution in [0.3, 0.4) is 0 Å². The molecule has 0 radical (unpaired) electrons. The van der Waals surface area contributed by atoms with E-state index in [9.17, 15) is 14.7 Å². The molecule has 0 heterocycles. The van der Waals surface area contributed by atoms with Crippen LogP contribution >= 0.6 is 0 Å². The fourth-order valence-corrected chi connectivity index (χ4v) is 3.21. The van der Waals surface area contributed by atoms with E-state index in [0.717, 1.165) is 36.8 Å². The number of aryl methyl sites for hydroxylation is 1. The lowest BCUT2D eigenvalue weighted by Gasteiger charge is -2.30. The van der Waals surface area contributed by atoms with Crippen molar-refractivity contribution in [1.82, 2.24) is 5.32 Å². The number of rotatable bonds is 6. The van der Waals surface area contributed by atoms with Crippen LogP contribution in [-0.2, 0) is 19.7 Å². The van der Waals surface area contributed by atoms with E-state index in [1.54, 1.807) is 0 Å². The molecule has 1 saturated carbocycles. The maximum absolute atomic E-state index is 12.8. The lowest BCUT2D eigenvalue weighted by atomic mass is 9.77. The summed E-state index contributed by atoms with van der Waals surface area (Å²) in [5.74, 6) is -1.28. The Morgan fingerprint density at radius 1 is 1.36 bits per heavy atom. The fourth-order valence-electron chi connectivity index (χ4n) is 3.21. The third-order valence-electron chi connectivity index (χ3n) is 4.40. The molecule has 1 amide bonds. The average molecular weight is 305 g/mol. The monoisotopic (exact) mass is 305 g/mol. The first-order valence-corrected chi connectivity index (χ1v) is 7.59. The highest BCUT2D eigenvalue weighted by atomic mass is 16.5. The smallest absolute Gasteiger partial charge is 0.328 e. The van der Waals surface area contributed by atoms with Crippen LogP contribution in [0.15, 0.2) is 24.3 Å². The molecule has 5 nitrogen and oxygen atoms in total. The predicted octanol–water partition coefficient (Wildman–Crippen LogP) is 2.02. The van der Waals surface area contributed by atoms with Crippen LogP contribution in [0.25, 0.3) is 0 Å². The maximum atomic E-state index is 12.8. The first kappa shape index (κ1) is 16.5. The van der Waals surface area contributed by atoms with Crippen LogP contribution in [0.2, 0.25) is 0 Å². The second kappa shape index (κ2) is 6.92. The van der Waals surface area contributed by atoms with Crippen molar-refractivity contribution >= 4 is 11.9 Å². The number of nitrogens with one attached hydrogen (secondary N) is 1. The summed E-state index contributed by atoms with van der Waals surface area (Å²) in [6, 6.07) is 6.91. The molecule has 0 saturated heterocycles. The number of methoxy groups -OCH3 is 1. The highest BCUT2D eigenvalue weighted by Gasteiger charge is 2.43. The van der Waals surface area contributed by atoms with E-state index in [1.807, 2.05) is 31.2 Å². The van der Waals surface area contributed by atoms with E-state index >= 15 is 0 Å². The standard InChI is InChI=1S/C17H23NO4/c1-12-6-5-7-13(10-12)17(8-3-4-9-17)16(21)18-14(11-22-2)15(19)20/h5-7,10,14H,3-4,8-9,11H2,1-2H3,(H,18,21)(H,19,20). The van der Waals surface area contributed by atoms with Crippen molar-refractivity contribution in [2.24, 2.45) is 0 Å². The van der Waals surface area contributed by atoms with Crippen molar-refractivity contribution < 1.29 is 19.4 Å². The van der Waals surface area contributed by atoms with Gasteiger partial charge in [0.1, 0.15) is 0 Å². The second-order valence-electron chi connectivity index (χ2n) is 5.98. The Morgan fingerprint density at radius 2 is 2.05 bits per heavy atom. The molecule has 2 rings (SSSR count). The zero-order chi connectivity index (χ0) is 16.2. The zero-order valence-corrected chi connectivity index (χ0v) is 13.1. The summed E-state index contributed by atoms with van der Waals surface area (Å²) in [5.41, 5.74) is 1.46. The number of benzene rings is 1. The zero-order valence-electron chi connectivity index (χ0n) is 13.1. The van der Waals surface area contributed by atoms with E-state index < -0.39 is 17.4 Å². The Hall–Kier alpha value is -1.88. The third-order valence-corrected chi connectivity index (χ3v) is 4.40. The molecule has 2 N–H and O–H groups in total. The molecule has 0 bridgehead atoms. The molecule has 1 aromatic carbocycles. The first-order chi connectivity index (χ1) is 10.5. The third kappa shape index (κ3) is 3.30. The number of hydrogen-bond donors (Lipinski definition) is 2. The maximum Gasteiger partial charge on any atom is 0.328 e. The number of carbonyl (C=O) groups is 2. The van der Waals surface area contributed by atoms with Crippen LogP contribution < -0.4 is 5.32 Å². The van der Waals surface area contributed by atoms with E-state index in [-0.39, 0.29) is 12.5 Å². The molecule has 1 atom stereocenters. The SMILES string of the molecule is COCC(NC(=O)C1(c2cccc(C)c2)CCCC1)C(=O)O. The number of ether oxygens (including phenoxy) is 1. The van der Waals surface area contributed by atoms with Crippen molar-refractivity contribution in [3.8, 4) is 0 Å². The summed E-state index contributed by atoms with van der Waals surface area (Å²) < 4.78 is 4.89. The molecule has 1 aliphatic carbocycles. The second-order valence-corrected chi connectivity index (χ2v) is 5.98. The van der Waals surface area contributed by atoms with Gasteiger partial charge in [0.05, 0.1) is 12.0 Å². The quantitative estimate of drug-likeness (QED) is 0.843. The molecule has 0 aliphatic heterocycles. The number of hydrogen-bond acceptors (Lipinski definition) is 3. The average Bonchev–Trinajstić information content (AvgIpc) is 2.97. The van der Waals surface area contributed by atoms with Gasteiger partial charge < -0.3 is 15.2 Å². The van der Waals surface area contributed by atoms with Gasteiger partial charge >= 0.3 is 5.97 Å². The number of carboxylic acid groups (broad SMARTS) is 1. The van der Waals surface area contributed by atoms with Crippen molar-refractivity contribution in [3.63, 3.8) is 0 Å². The number of carbonyl (C=O) groups excluding carboxylic acids is 1. The first-order valence-electron chi connectivity index (χ1n) is 7.59. The van der Waals surface area contributed by atoms with Crippen LogP contribution in [0.5, 0.6) is 0 Å². The Kier molecular flexibility index (Phi) is 5.19. The normalized spacial score (nSPS) is 17.9.